The molecule has 0 saturated heterocycles. The Labute approximate surface area is 187 Å². The monoisotopic (exact) mass is 526 g/mol. The molecule has 0 radical (unpaired) electrons. The number of amides is 2. The van der Waals surface area contributed by atoms with E-state index in [4.69, 9.17) is 9.47 Å². The normalized spacial score (nSPS) is 10.3. The molecule has 2 aromatic carbocycles. The molecule has 2 rings (SSSR count). The summed E-state index contributed by atoms with van der Waals surface area (Å²) in [5.74, 6) is 0.823. The van der Waals surface area contributed by atoms with Crippen LogP contribution in [-0.4, -0.2) is 38.1 Å². The van der Waals surface area contributed by atoms with Crippen molar-refractivity contribution < 1.29 is 19.1 Å². The van der Waals surface area contributed by atoms with Gasteiger partial charge in [-0.25, -0.2) is 0 Å². The van der Waals surface area contributed by atoms with E-state index in [-0.39, 0.29) is 25.0 Å². The van der Waals surface area contributed by atoms with Crippen molar-refractivity contribution in [2.45, 2.75) is 20.3 Å². The number of nitrogens with one attached hydrogen (secondary N) is 2. The first-order chi connectivity index (χ1) is 13.8. The molecule has 2 N–H and O–H groups in total. The van der Waals surface area contributed by atoms with Crippen molar-refractivity contribution in [3.05, 3.63) is 56.5 Å². The zero-order chi connectivity index (χ0) is 21.2. The van der Waals surface area contributed by atoms with Gasteiger partial charge in [0.15, 0.2) is 13.2 Å². The lowest BCUT2D eigenvalue weighted by atomic mass is 10.2. The van der Waals surface area contributed by atoms with Crippen LogP contribution in [0.2, 0.25) is 0 Å². The first kappa shape index (κ1) is 23.2. The summed E-state index contributed by atoms with van der Waals surface area (Å²) in [5.41, 5.74) is 2.21. The van der Waals surface area contributed by atoms with Crippen molar-refractivity contribution in [2.75, 3.05) is 26.3 Å². The number of rotatable bonds is 10. The number of halogens is 2. The summed E-state index contributed by atoms with van der Waals surface area (Å²) in [6.07, 6.45) is 0.611. The molecule has 0 fully saturated rings. The Morgan fingerprint density at radius 1 is 0.793 bits per heavy atom. The molecular weight excluding hydrogens is 504 g/mol. The highest BCUT2D eigenvalue weighted by Gasteiger charge is 2.07. The summed E-state index contributed by atoms with van der Waals surface area (Å²) in [4.78, 5) is 23.7. The molecule has 6 nitrogen and oxygen atoms in total. The molecule has 156 valence electrons. The molecule has 0 aliphatic carbocycles. The van der Waals surface area contributed by atoms with Crippen LogP contribution in [-0.2, 0) is 9.59 Å². The minimum atomic E-state index is -0.212. The second kappa shape index (κ2) is 11.8. The van der Waals surface area contributed by atoms with E-state index in [1.54, 1.807) is 0 Å². The zero-order valence-electron chi connectivity index (χ0n) is 16.4. The molecule has 29 heavy (non-hydrogen) atoms. The Morgan fingerprint density at radius 2 is 1.21 bits per heavy atom. The molecule has 0 atom stereocenters. The Balaban J connectivity index is 1.56. The van der Waals surface area contributed by atoms with Gasteiger partial charge in [-0.1, -0.05) is 12.1 Å². The maximum Gasteiger partial charge on any atom is 0.257 e. The maximum atomic E-state index is 11.8. The third-order valence-corrected chi connectivity index (χ3v) is 5.13. The van der Waals surface area contributed by atoms with Crippen LogP contribution >= 0.6 is 31.9 Å². The van der Waals surface area contributed by atoms with Crippen LogP contribution < -0.4 is 20.1 Å². The molecule has 0 saturated carbocycles. The van der Waals surface area contributed by atoms with Crippen LogP contribution in [0.4, 0.5) is 0 Å². The van der Waals surface area contributed by atoms with Crippen LogP contribution in [0.1, 0.15) is 17.5 Å². The number of carbonyl (C=O) groups excluding carboxylic acids is 2. The Hall–Kier alpha value is -2.06. The maximum absolute atomic E-state index is 11.8. The van der Waals surface area contributed by atoms with E-state index in [0.29, 0.717) is 31.0 Å². The van der Waals surface area contributed by atoms with Crippen LogP contribution in [0, 0.1) is 13.8 Å². The molecule has 0 unspecified atom stereocenters. The topological polar surface area (TPSA) is 76.7 Å². The lowest BCUT2D eigenvalue weighted by molar-refractivity contribution is -0.123. The van der Waals surface area contributed by atoms with Gasteiger partial charge < -0.3 is 20.1 Å². The Bertz CT molecular complexity index is 789. The average Bonchev–Trinajstić information content (AvgIpc) is 2.66. The van der Waals surface area contributed by atoms with Gasteiger partial charge in [-0.05, 0) is 87.5 Å². The van der Waals surface area contributed by atoms with E-state index in [1.165, 1.54) is 0 Å². The average molecular weight is 528 g/mol. The molecule has 0 heterocycles. The van der Waals surface area contributed by atoms with Crippen molar-refractivity contribution in [1.82, 2.24) is 10.6 Å². The van der Waals surface area contributed by atoms with E-state index >= 15 is 0 Å². The minimum Gasteiger partial charge on any atom is -0.483 e. The number of ether oxygens (including phenoxy) is 2. The number of hydrogen-bond donors (Lipinski definition) is 2. The van der Waals surface area contributed by atoms with Gasteiger partial charge >= 0.3 is 0 Å². The first-order valence-electron chi connectivity index (χ1n) is 9.16. The number of carbonyl (C=O) groups is 2. The van der Waals surface area contributed by atoms with Crippen molar-refractivity contribution in [3.8, 4) is 11.5 Å². The van der Waals surface area contributed by atoms with Crippen LogP contribution in [0.3, 0.4) is 0 Å². The van der Waals surface area contributed by atoms with Gasteiger partial charge in [-0.3, -0.25) is 9.59 Å². The predicted molar refractivity (Wildman–Crippen MR) is 119 cm³/mol. The molecule has 0 aliphatic heterocycles. The van der Waals surface area contributed by atoms with E-state index < -0.39 is 0 Å². The van der Waals surface area contributed by atoms with E-state index in [9.17, 15) is 9.59 Å². The SMILES string of the molecule is Cc1ccc(OCC(=O)NCCCNC(=O)COc2ccc(C)cc2Br)c(Br)c1. The van der Waals surface area contributed by atoms with E-state index in [1.807, 2.05) is 50.2 Å². The fraction of sp³-hybridized carbons (Fsp3) is 0.333. The molecule has 8 heteroatoms. The number of hydrogen-bond acceptors (Lipinski definition) is 4. The second-order valence-electron chi connectivity index (χ2n) is 6.50. The van der Waals surface area contributed by atoms with E-state index in [2.05, 4.69) is 42.5 Å². The standard InChI is InChI=1S/C21H24Br2N2O4/c1-14-4-6-18(16(22)10-14)28-12-20(26)24-8-3-9-25-21(27)13-29-19-7-5-15(2)11-17(19)23/h4-7,10-11H,3,8-9,12-13H2,1-2H3,(H,24,26)(H,25,27). The highest BCUT2D eigenvalue weighted by atomic mass is 79.9. The molecule has 0 spiro atoms. The van der Waals surface area contributed by atoms with Crippen molar-refractivity contribution in [3.63, 3.8) is 0 Å². The van der Waals surface area contributed by atoms with Gasteiger partial charge in [-0.2, -0.15) is 0 Å². The van der Waals surface area contributed by atoms with Crippen LogP contribution in [0.25, 0.3) is 0 Å². The highest BCUT2D eigenvalue weighted by Crippen LogP contribution is 2.26. The van der Waals surface area contributed by atoms with Crippen molar-refractivity contribution >= 4 is 43.7 Å². The van der Waals surface area contributed by atoms with Gasteiger partial charge in [0.25, 0.3) is 11.8 Å². The summed E-state index contributed by atoms with van der Waals surface area (Å²) in [7, 11) is 0. The second-order valence-corrected chi connectivity index (χ2v) is 8.21. The van der Waals surface area contributed by atoms with Gasteiger partial charge in [0.05, 0.1) is 8.95 Å². The summed E-state index contributed by atoms with van der Waals surface area (Å²) < 4.78 is 12.6. The van der Waals surface area contributed by atoms with E-state index in [0.717, 1.165) is 20.1 Å². The summed E-state index contributed by atoms with van der Waals surface area (Å²) >= 11 is 6.82. The Kier molecular flexibility index (Phi) is 9.47. The quantitative estimate of drug-likeness (QED) is 0.459. The first-order valence-corrected chi connectivity index (χ1v) is 10.7. The summed E-state index contributed by atoms with van der Waals surface area (Å²) in [6.45, 7) is 4.73. The largest absolute Gasteiger partial charge is 0.483 e. The smallest absolute Gasteiger partial charge is 0.257 e. The fourth-order valence-electron chi connectivity index (χ4n) is 2.38. The molecule has 2 aromatic rings. The summed E-state index contributed by atoms with van der Waals surface area (Å²) in [5, 5.41) is 5.52. The number of benzene rings is 2. The van der Waals surface area contributed by atoms with Gasteiger partial charge in [0.2, 0.25) is 0 Å². The minimum absolute atomic E-state index is 0.0622. The predicted octanol–water partition coefficient (Wildman–Crippen LogP) is 3.91. The molecule has 0 aliphatic rings. The lowest BCUT2D eigenvalue weighted by Crippen LogP contribution is -2.34. The Morgan fingerprint density at radius 3 is 1.59 bits per heavy atom. The third-order valence-electron chi connectivity index (χ3n) is 3.89. The van der Waals surface area contributed by atoms with Crippen LogP contribution in [0.15, 0.2) is 45.3 Å². The fourth-order valence-corrected chi connectivity index (χ4v) is 3.59. The highest BCUT2D eigenvalue weighted by molar-refractivity contribution is 9.10. The summed E-state index contributed by atoms with van der Waals surface area (Å²) in [6, 6.07) is 11.3. The molecular formula is C21H24Br2N2O4. The molecule has 0 aromatic heterocycles. The van der Waals surface area contributed by atoms with Gasteiger partial charge in [0.1, 0.15) is 11.5 Å². The van der Waals surface area contributed by atoms with Gasteiger partial charge in [0, 0.05) is 13.1 Å². The number of aryl methyl sites for hydroxylation is 2. The zero-order valence-corrected chi connectivity index (χ0v) is 19.6. The lowest BCUT2D eigenvalue weighted by Gasteiger charge is -2.10. The van der Waals surface area contributed by atoms with Gasteiger partial charge in [-0.15, -0.1) is 0 Å². The van der Waals surface area contributed by atoms with Crippen molar-refractivity contribution in [1.29, 1.82) is 0 Å². The van der Waals surface area contributed by atoms with Crippen molar-refractivity contribution in [2.24, 2.45) is 0 Å². The third kappa shape index (κ3) is 8.45. The molecule has 0 bridgehead atoms. The molecule has 2 amide bonds. The van der Waals surface area contributed by atoms with Crippen LogP contribution in [0.5, 0.6) is 11.5 Å².